The minimum Gasteiger partial charge on any atom is -0.454 e. The molecule has 41 heavy (non-hydrogen) atoms. The number of amides is 2. The van der Waals surface area contributed by atoms with Gasteiger partial charge in [0, 0.05) is 43.9 Å². The fraction of sp³-hybridized carbons (Fsp3) is 0.226. The van der Waals surface area contributed by atoms with Crippen molar-refractivity contribution in [1.82, 2.24) is 20.0 Å². The number of benzene rings is 3. The Labute approximate surface area is 236 Å². The van der Waals surface area contributed by atoms with Gasteiger partial charge in [-0.25, -0.2) is 4.39 Å². The summed E-state index contributed by atoms with van der Waals surface area (Å²) in [5, 5.41) is 8.78. The second-order valence-electron chi connectivity index (χ2n) is 9.87. The summed E-state index contributed by atoms with van der Waals surface area (Å²) in [6.45, 7) is 2.28. The van der Waals surface area contributed by atoms with Gasteiger partial charge in [-0.1, -0.05) is 42.5 Å². The summed E-state index contributed by atoms with van der Waals surface area (Å²) in [7, 11) is 0. The van der Waals surface area contributed by atoms with Crippen LogP contribution in [0.5, 0.6) is 11.5 Å². The van der Waals surface area contributed by atoms with Crippen LogP contribution in [-0.2, 0) is 11.3 Å². The summed E-state index contributed by atoms with van der Waals surface area (Å²) in [6, 6.07) is 24.6. The highest BCUT2D eigenvalue weighted by Crippen LogP contribution is 2.33. The molecule has 6 rings (SSSR count). The third kappa shape index (κ3) is 5.96. The number of anilines is 1. The summed E-state index contributed by atoms with van der Waals surface area (Å²) in [5.41, 5.74) is 2.75. The lowest BCUT2D eigenvalue weighted by atomic mass is 10.1. The number of rotatable bonds is 7. The standard InChI is InChI=1S/C31H28FN5O4/c32-25-8-4-7-24(18-25)31(39)37(19-22-9-11-27-28(17-22)41-21-40-27)20-30(38)36-15-13-35(14-16-36)29-12-10-26(33-34-29)23-5-2-1-3-6-23/h1-12,17-18H,13-16,19-21H2. The molecule has 3 aromatic carbocycles. The Balaban J connectivity index is 1.12. The van der Waals surface area contributed by atoms with E-state index in [1.54, 1.807) is 23.1 Å². The molecule has 208 valence electrons. The fourth-order valence-electron chi connectivity index (χ4n) is 4.97. The first-order valence-corrected chi connectivity index (χ1v) is 13.4. The van der Waals surface area contributed by atoms with Gasteiger partial charge in [-0.05, 0) is 48.0 Å². The highest BCUT2D eigenvalue weighted by molar-refractivity contribution is 5.96. The first kappa shape index (κ1) is 26.2. The van der Waals surface area contributed by atoms with Crippen molar-refractivity contribution in [3.8, 4) is 22.8 Å². The van der Waals surface area contributed by atoms with Gasteiger partial charge in [0.15, 0.2) is 17.3 Å². The van der Waals surface area contributed by atoms with E-state index in [1.165, 1.54) is 23.1 Å². The van der Waals surface area contributed by atoms with Gasteiger partial charge < -0.3 is 24.2 Å². The number of nitrogens with zero attached hydrogens (tertiary/aromatic N) is 5. The van der Waals surface area contributed by atoms with Crippen molar-refractivity contribution in [2.75, 3.05) is 44.4 Å². The number of carbonyl (C=O) groups excluding carboxylic acids is 2. The molecule has 1 fully saturated rings. The van der Waals surface area contributed by atoms with E-state index in [9.17, 15) is 14.0 Å². The summed E-state index contributed by atoms with van der Waals surface area (Å²) in [6.07, 6.45) is 0. The molecule has 3 heterocycles. The lowest BCUT2D eigenvalue weighted by Crippen LogP contribution is -2.52. The Morgan fingerprint density at radius 3 is 2.39 bits per heavy atom. The lowest BCUT2D eigenvalue weighted by molar-refractivity contribution is -0.132. The number of hydrogen-bond acceptors (Lipinski definition) is 7. The van der Waals surface area contributed by atoms with E-state index in [2.05, 4.69) is 15.1 Å². The Bertz CT molecular complexity index is 1540. The van der Waals surface area contributed by atoms with E-state index in [1.807, 2.05) is 48.5 Å². The summed E-state index contributed by atoms with van der Waals surface area (Å²) < 4.78 is 24.8. The maximum atomic E-state index is 13.9. The van der Waals surface area contributed by atoms with E-state index in [0.29, 0.717) is 37.7 Å². The normalized spacial score (nSPS) is 14.2. The van der Waals surface area contributed by atoms with Crippen molar-refractivity contribution in [2.24, 2.45) is 0 Å². The molecule has 0 aliphatic carbocycles. The highest BCUT2D eigenvalue weighted by atomic mass is 19.1. The molecule has 2 aliphatic rings. The Morgan fingerprint density at radius 2 is 1.63 bits per heavy atom. The minimum absolute atomic E-state index is 0.137. The molecule has 0 spiro atoms. The highest BCUT2D eigenvalue weighted by Gasteiger charge is 2.27. The number of ether oxygens (including phenoxy) is 2. The number of aromatic nitrogens is 2. The van der Waals surface area contributed by atoms with Gasteiger partial charge in [0.25, 0.3) is 5.91 Å². The van der Waals surface area contributed by atoms with Crippen LogP contribution < -0.4 is 14.4 Å². The van der Waals surface area contributed by atoms with Gasteiger partial charge in [0.1, 0.15) is 12.4 Å². The number of piperazine rings is 1. The third-order valence-corrected chi connectivity index (χ3v) is 7.17. The molecule has 0 atom stereocenters. The zero-order valence-electron chi connectivity index (χ0n) is 22.3. The van der Waals surface area contributed by atoms with Crippen LogP contribution in [0.15, 0.2) is 84.9 Å². The van der Waals surface area contributed by atoms with Crippen molar-refractivity contribution in [3.63, 3.8) is 0 Å². The van der Waals surface area contributed by atoms with Crippen LogP contribution in [0, 0.1) is 5.82 Å². The molecular weight excluding hydrogens is 525 g/mol. The van der Waals surface area contributed by atoms with Crippen LogP contribution in [0.1, 0.15) is 15.9 Å². The zero-order valence-corrected chi connectivity index (χ0v) is 22.3. The van der Waals surface area contributed by atoms with Crippen LogP contribution in [0.4, 0.5) is 10.2 Å². The van der Waals surface area contributed by atoms with Crippen LogP contribution in [0.3, 0.4) is 0 Å². The number of fused-ring (bicyclic) bond motifs is 1. The van der Waals surface area contributed by atoms with Crippen molar-refractivity contribution < 1.29 is 23.5 Å². The largest absolute Gasteiger partial charge is 0.454 e. The molecular formula is C31H28FN5O4. The van der Waals surface area contributed by atoms with E-state index in [0.717, 1.165) is 22.6 Å². The molecule has 4 aromatic rings. The second-order valence-corrected chi connectivity index (χ2v) is 9.87. The number of halogens is 1. The fourth-order valence-corrected chi connectivity index (χ4v) is 4.97. The van der Waals surface area contributed by atoms with Gasteiger partial charge in [-0.2, -0.15) is 0 Å². The molecule has 0 unspecified atom stereocenters. The molecule has 1 saturated heterocycles. The van der Waals surface area contributed by atoms with Crippen molar-refractivity contribution in [2.45, 2.75) is 6.54 Å². The van der Waals surface area contributed by atoms with Crippen LogP contribution in [0.2, 0.25) is 0 Å². The summed E-state index contributed by atoms with van der Waals surface area (Å²) in [5.74, 6) is 0.848. The zero-order chi connectivity index (χ0) is 28.2. The predicted octanol–water partition coefficient (Wildman–Crippen LogP) is 4.00. The van der Waals surface area contributed by atoms with Gasteiger partial charge in [-0.15, -0.1) is 10.2 Å². The minimum atomic E-state index is -0.513. The number of hydrogen-bond donors (Lipinski definition) is 0. The smallest absolute Gasteiger partial charge is 0.254 e. The topological polar surface area (TPSA) is 88.1 Å². The second kappa shape index (κ2) is 11.6. The molecule has 1 aromatic heterocycles. The molecule has 2 aliphatic heterocycles. The van der Waals surface area contributed by atoms with E-state index >= 15 is 0 Å². The van der Waals surface area contributed by atoms with Crippen LogP contribution in [-0.4, -0.2) is 71.3 Å². The molecule has 0 bridgehead atoms. The van der Waals surface area contributed by atoms with Gasteiger partial charge in [-0.3, -0.25) is 9.59 Å². The summed E-state index contributed by atoms with van der Waals surface area (Å²) in [4.78, 5) is 32.1. The third-order valence-electron chi connectivity index (χ3n) is 7.17. The molecule has 0 N–H and O–H groups in total. The summed E-state index contributed by atoms with van der Waals surface area (Å²) >= 11 is 0. The van der Waals surface area contributed by atoms with Crippen molar-refractivity contribution >= 4 is 17.6 Å². The molecule has 0 saturated carbocycles. The van der Waals surface area contributed by atoms with Gasteiger partial charge in [0.05, 0.1) is 5.69 Å². The average molecular weight is 554 g/mol. The van der Waals surface area contributed by atoms with Crippen molar-refractivity contribution in [1.29, 1.82) is 0 Å². The molecule has 9 nitrogen and oxygen atoms in total. The van der Waals surface area contributed by atoms with Gasteiger partial charge >= 0.3 is 0 Å². The maximum Gasteiger partial charge on any atom is 0.254 e. The van der Waals surface area contributed by atoms with E-state index in [4.69, 9.17) is 9.47 Å². The Hall–Kier alpha value is -4.99. The molecule has 2 amide bonds. The van der Waals surface area contributed by atoms with Crippen LogP contribution in [0.25, 0.3) is 11.3 Å². The Morgan fingerprint density at radius 1 is 0.829 bits per heavy atom. The van der Waals surface area contributed by atoms with Crippen molar-refractivity contribution in [3.05, 3.63) is 102 Å². The molecule has 10 heteroatoms. The number of carbonyl (C=O) groups is 2. The lowest BCUT2D eigenvalue weighted by Gasteiger charge is -2.36. The van der Waals surface area contributed by atoms with E-state index < -0.39 is 11.7 Å². The SMILES string of the molecule is O=C(CN(Cc1ccc2c(c1)OCO2)C(=O)c1cccc(F)c1)N1CCN(c2ccc(-c3ccccc3)nn2)CC1. The monoisotopic (exact) mass is 553 g/mol. The van der Waals surface area contributed by atoms with E-state index in [-0.39, 0.29) is 31.4 Å². The predicted molar refractivity (Wildman–Crippen MR) is 150 cm³/mol. The van der Waals surface area contributed by atoms with Gasteiger partial charge in [0.2, 0.25) is 12.7 Å². The average Bonchev–Trinajstić information content (AvgIpc) is 3.49. The Kier molecular flexibility index (Phi) is 7.44. The first-order valence-electron chi connectivity index (χ1n) is 13.4. The van der Waals surface area contributed by atoms with Crippen LogP contribution >= 0.6 is 0 Å². The quantitative estimate of drug-likeness (QED) is 0.342. The maximum absolute atomic E-state index is 13.9. The first-order chi connectivity index (χ1) is 20.0. The molecule has 0 radical (unpaired) electrons.